The zero-order chi connectivity index (χ0) is 13.5. The van der Waals surface area contributed by atoms with Gasteiger partial charge in [-0.1, -0.05) is 29.3 Å². The molecule has 18 heavy (non-hydrogen) atoms. The number of carbonyl (C=O) groups is 1. The van der Waals surface area contributed by atoms with Crippen LogP contribution in [0.2, 0.25) is 0 Å². The number of hydrogen-bond donors (Lipinski definition) is 0. The van der Waals surface area contributed by atoms with Crippen LogP contribution < -0.4 is 4.74 Å². The molecule has 0 aliphatic rings. The lowest BCUT2D eigenvalue weighted by atomic mass is 10.0. The van der Waals surface area contributed by atoms with Crippen LogP contribution in [0, 0.1) is 0 Å². The number of ether oxygens (including phenoxy) is 2. The Bertz CT molecular complexity index is 404. The number of benzene rings is 1. The van der Waals surface area contributed by atoms with Crippen LogP contribution in [0.1, 0.15) is 25.3 Å². The summed E-state index contributed by atoms with van der Waals surface area (Å²) in [5, 5.41) is 0. The molecule has 0 fully saturated rings. The van der Waals surface area contributed by atoms with E-state index in [1.165, 1.54) is 0 Å². The molecule has 0 saturated carbocycles. The maximum atomic E-state index is 12.1. The lowest BCUT2D eigenvalue weighted by molar-refractivity contribution is -0.128. The summed E-state index contributed by atoms with van der Waals surface area (Å²) in [5.74, 6) is 0.860. The van der Waals surface area contributed by atoms with Crippen molar-refractivity contribution in [1.82, 2.24) is 0 Å². The van der Waals surface area contributed by atoms with E-state index in [2.05, 4.69) is 15.9 Å². The van der Waals surface area contributed by atoms with Gasteiger partial charge >= 0.3 is 0 Å². The van der Waals surface area contributed by atoms with Crippen LogP contribution in [0.3, 0.4) is 0 Å². The molecule has 0 aliphatic heterocycles. The Balaban J connectivity index is 2.79. The van der Waals surface area contributed by atoms with E-state index < -0.39 is 0 Å². The summed E-state index contributed by atoms with van der Waals surface area (Å²) in [6.45, 7) is 2.04. The van der Waals surface area contributed by atoms with Crippen LogP contribution in [0.25, 0.3) is 0 Å². The summed E-state index contributed by atoms with van der Waals surface area (Å²) in [4.78, 5) is 12.1. The Morgan fingerprint density at radius 2 is 2.11 bits per heavy atom. The first-order chi connectivity index (χ1) is 8.62. The van der Waals surface area contributed by atoms with Crippen molar-refractivity contribution in [3.05, 3.63) is 28.2 Å². The van der Waals surface area contributed by atoms with Gasteiger partial charge in [0, 0.05) is 18.0 Å². The van der Waals surface area contributed by atoms with E-state index in [4.69, 9.17) is 9.47 Å². The van der Waals surface area contributed by atoms with Crippen molar-refractivity contribution in [2.75, 3.05) is 14.2 Å². The van der Waals surface area contributed by atoms with Crippen LogP contribution in [0.15, 0.2) is 22.7 Å². The second kappa shape index (κ2) is 7.54. The molecule has 0 heterocycles. The van der Waals surface area contributed by atoms with Crippen molar-refractivity contribution >= 4 is 21.7 Å². The SMILES string of the molecule is CCCC(OC)C(=O)Cc1cc(OC)ccc1Br. The molecule has 0 bridgehead atoms. The van der Waals surface area contributed by atoms with E-state index in [9.17, 15) is 4.79 Å². The molecule has 0 amide bonds. The predicted octanol–water partition coefficient (Wildman–Crippen LogP) is 3.38. The van der Waals surface area contributed by atoms with E-state index in [1.807, 2.05) is 25.1 Å². The number of methoxy groups -OCH3 is 2. The van der Waals surface area contributed by atoms with Crippen molar-refractivity contribution in [2.24, 2.45) is 0 Å². The maximum Gasteiger partial charge on any atom is 0.165 e. The van der Waals surface area contributed by atoms with E-state index >= 15 is 0 Å². The Hall–Kier alpha value is -0.870. The summed E-state index contributed by atoms with van der Waals surface area (Å²) in [6.07, 6.45) is 1.74. The molecule has 0 aromatic heterocycles. The van der Waals surface area contributed by atoms with Crippen molar-refractivity contribution in [2.45, 2.75) is 32.3 Å². The van der Waals surface area contributed by atoms with Crippen molar-refractivity contribution < 1.29 is 14.3 Å². The maximum absolute atomic E-state index is 12.1. The molecule has 1 atom stereocenters. The molecule has 4 heteroatoms. The monoisotopic (exact) mass is 314 g/mol. The second-order valence-corrected chi connectivity index (χ2v) is 4.97. The number of ketones is 1. The highest BCUT2D eigenvalue weighted by Gasteiger charge is 2.18. The van der Waals surface area contributed by atoms with Crippen LogP contribution in [0.5, 0.6) is 5.75 Å². The summed E-state index contributed by atoms with van der Waals surface area (Å²) >= 11 is 3.45. The minimum atomic E-state index is -0.312. The zero-order valence-electron chi connectivity index (χ0n) is 11.0. The van der Waals surface area contributed by atoms with Crippen LogP contribution in [-0.4, -0.2) is 26.1 Å². The van der Waals surface area contributed by atoms with Gasteiger partial charge < -0.3 is 9.47 Å². The lowest BCUT2D eigenvalue weighted by Crippen LogP contribution is -2.24. The van der Waals surface area contributed by atoms with Crippen molar-refractivity contribution in [3.63, 3.8) is 0 Å². The molecule has 1 rings (SSSR count). The fraction of sp³-hybridized carbons (Fsp3) is 0.500. The highest BCUT2D eigenvalue weighted by atomic mass is 79.9. The number of Topliss-reactive ketones (excluding diaryl/α,β-unsaturated/α-hetero) is 1. The van der Waals surface area contributed by atoms with E-state index in [0.717, 1.165) is 28.6 Å². The van der Waals surface area contributed by atoms with Gasteiger partial charge in [-0.15, -0.1) is 0 Å². The average molecular weight is 315 g/mol. The van der Waals surface area contributed by atoms with Crippen LogP contribution in [0.4, 0.5) is 0 Å². The Morgan fingerprint density at radius 1 is 1.39 bits per heavy atom. The molecule has 0 aliphatic carbocycles. The number of hydrogen-bond acceptors (Lipinski definition) is 3. The molecule has 1 aromatic rings. The van der Waals surface area contributed by atoms with Gasteiger partial charge in [0.05, 0.1) is 7.11 Å². The quantitative estimate of drug-likeness (QED) is 0.774. The van der Waals surface area contributed by atoms with Gasteiger partial charge in [0.25, 0.3) is 0 Å². The fourth-order valence-corrected chi connectivity index (χ4v) is 2.17. The Morgan fingerprint density at radius 3 is 2.67 bits per heavy atom. The average Bonchev–Trinajstić information content (AvgIpc) is 2.38. The molecule has 1 unspecified atom stereocenters. The van der Waals surface area contributed by atoms with Gasteiger partial charge in [-0.3, -0.25) is 4.79 Å². The Labute approximate surface area is 117 Å². The summed E-state index contributed by atoms with van der Waals surface area (Å²) in [6, 6.07) is 5.63. The molecule has 0 radical (unpaired) electrons. The normalized spacial score (nSPS) is 12.2. The zero-order valence-corrected chi connectivity index (χ0v) is 12.6. The molecule has 0 N–H and O–H groups in total. The van der Waals surface area contributed by atoms with Crippen molar-refractivity contribution in [3.8, 4) is 5.75 Å². The van der Waals surface area contributed by atoms with Gasteiger partial charge in [-0.2, -0.15) is 0 Å². The minimum absolute atomic E-state index is 0.105. The smallest absolute Gasteiger partial charge is 0.165 e. The predicted molar refractivity (Wildman–Crippen MR) is 75.1 cm³/mol. The van der Waals surface area contributed by atoms with Gasteiger partial charge in [0.1, 0.15) is 11.9 Å². The lowest BCUT2D eigenvalue weighted by Gasteiger charge is -2.14. The minimum Gasteiger partial charge on any atom is -0.497 e. The fourth-order valence-electron chi connectivity index (χ4n) is 1.79. The number of rotatable bonds is 7. The number of halogens is 1. The summed E-state index contributed by atoms with van der Waals surface area (Å²) in [7, 11) is 3.20. The second-order valence-electron chi connectivity index (χ2n) is 4.11. The first kappa shape index (κ1) is 15.2. The van der Waals surface area contributed by atoms with Crippen LogP contribution >= 0.6 is 15.9 Å². The molecule has 1 aromatic carbocycles. The molecular formula is C14H19BrO3. The molecule has 0 spiro atoms. The first-order valence-electron chi connectivity index (χ1n) is 6.00. The highest BCUT2D eigenvalue weighted by Crippen LogP contribution is 2.23. The van der Waals surface area contributed by atoms with Gasteiger partial charge in [0.15, 0.2) is 5.78 Å². The molecule has 100 valence electrons. The third kappa shape index (κ3) is 4.10. The summed E-state index contributed by atoms with van der Waals surface area (Å²) in [5.41, 5.74) is 0.928. The third-order valence-electron chi connectivity index (χ3n) is 2.81. The van der Waals surface area contributed by atoms with E-state index in [0.29, 0.717) is 6.42 Å². The Kier molecular flexibility index (Phi) is 6.36. The topological polar surface area (TPSA) is 35.5 Å². The first-order valence-corrected chi connectivity index (χ1v) is 6.79. The molecule has 0 saturated heterocycles. The summed E-state index contributed by atoms with van der Waals surface area (Å²) < 4.78 is 11.3. The highest BCUT2D eigenvalue weighted by molar-refractivity contribution is 9.10. The number of carbonyl (C=O) groups excluding carboxylic acids is 1. The standard InChI is InChI=1S/C14H19BrO3/c1-4-5-14(18-3)13(16)9-10-8-11(17-2)6-7-12(10)15/h6-8,14H,4-5,9H2,1-3H3. The third-order valence-corrected chi connectivity index (χ3v) is 3.59. The van der Waals surface area contributed by atoms with E-state index in [-0.39, 0.29) is 11.9 Å². The van der Waals surface area contributed by atoms with Gasteiger partial charge in [-0.05, 0) is 30.2 Å². The van der Waals surface area contributed by atoms with Crippen molar-refractivity contribution in [1.29, 1.82) is 0 Å². The molecule has 3 nitrogen and oxygen atoms in total. The largest absolute Gasteiger partial charge is 0.497 e. The van der Waals surface area contributed by atoms with Gasteiger partial charge in [0.2, 0.25) is 0 Å². The van der Waals surface area contributed by atoms with E-state index in [1.54, 1.807) is 14.2 Å². The van der Waals surface area contributed by atoms with Crippen LogP contribution in [-0.2, 0) is 16.0 Å². The molecular weight excluding hydrogens is 296 g/mol. The van der Waals surface area contributed by atoms with Gasteiger partial charge in [-0.25, -0.2) is 0 Å².